The Morgan fingerprint density at radius 3 is 2.58 bits per heavy atom. The Bertz CT molecular complexity index is 876. The van der Waals surface area contributed by atoms with E-state index >= 15 is 0 Å². The van der Waals surface area contributed by atoms with Crippen LogP contribution in [0.5, 0.6) is 17.2 Å². The van der Waals surface area contributed by atoms with Crippen LogP contribution in [0.4, 0.5) is 4.39 Å². The van der Waals surface area contributed by atoms with Crippen molar-refractivity contribution in [3.05, 3.63) is 78.1 Å². The third kappa shape index (κ3) is 3.04. The zero-order chi connectivity index (χ0) is 16.4. The Hall–Kier alpha value is -3.01. The second-order valence-electron chi connectivity index (χ2n) is 5.51. The summed E-state index contributed by atoms with van der Waals surface area (Å²) in [6.07, 6.45) is 0. The predicted molar refractivity (Wildman–Crippen MR) is 88.7 cm³/mol. The van der Waals surface area contributed by atoms with Crippen LogP contribution >= 0.6 is 0 Å². The largest absolute Gasteiger partial charge is 0.489 e. The molecule has 0 saturated heterocycles. The summed E-state index contributed by atoms with van der Waals surface area (Å²) in [5.41, 5.74) is 2.84. The van der Waals surface area contributed by atoms with E-state index in [1.165, 1.54) is 12.1 Å². The first-order chi connectivity index (χ1) is 11.8. The van der Waals surface area contributed by atoms with Gasteiger partial charge in [-0.05, 0) is 53.1 Å². The second-order valence-corrected chi connectivity index (χ2v) is 5.51. The molecule has 1 heterocycles. The maximum Gasteiger partial charge on any atom is 0.231 e. The molecular weight excluding hydrogens is 307 g/mol. The van der Waals surface area contributed by atoms with Crippen LogP contribution < -0.4 is 14.2 Å². The second kappa shape index (κ2) is 6.24. The average Bonchev–Trinajstić information content (AvgIpc) is 3.08. The summed E-state index contributed by atoms with van der Waals surface area (Å²) in [5, 5.41) is 0. The number of ether oxygens (including phenoxy) is 3. The summed E-state index contributed by atoms with van der Waals surface area (Å²) < 4.78 is 29.7. The minimum atomic E-state index is -0.259. The summed E-state index contributed by atoms with van der Waals surface area (Å²) in [4.78, 5) is 0. The van der Waals surface area contributed by atoms with Crippen LogP contribution in [-0.2, 0) is 6.61 Å². The standard InChI is InChI=1S/C20H15FO3/c21-17-5-1-3-14(9-17)12-22-18-6-2-4-15(10-18)16-7-8-19-20(11-16)24-13-23-19/h1-11H,12-13H2. The van der Waals surface area contributed by atoms with E-state index in [-0.39, 0.29) is 12.6 Å². The van der Waals surface area contributed by atoms with Gasteiger partial charge in [-0.3, -0.25) is 0 Å². The predicted octanol–water partition coefficient (Wildman–Crippen LogP) is 4.80. The number of halogens is 1. The molecule has 0 unspecified atom stereocenters. The Morgan fingerprint density at radius 1 is 0.833 bits per heavy atom. The van der Waals surface area contributed by atoms with Gasteiger partial charge in [-0.1, -0.05) is 30.3 Å². The highest BCUT2D eigenvalue weighted by Crippen LogP contribution is 2.36. The van der Waals surface area contributed by atoms with Gasteiger partial charge in [0.25, 0.3) is 0 Å². The van der Waals surface area contributed by atoms with Gasteiger partial charge >= 0.3 is 0 Å². The molecule has 4 heteroatoms. The Kier molecular flexibility index (Phi) is 3.79. The van der Waals surface area contributed by atoms with E-state index in [1.54, 1.807) is 6.07 Å². The lowest BCUT2D eigenvalue weighted by atomic mass is 10.0. The summed E-state index contributed by atoms with van der Waals surface area (Å²) in [7, 11) is 0. The maximum atomic E-state index is 13.2. The normalized spacial score (nSPS) is 12.2. The zero-order valence-corrected chi connectivity index (χ0v) is 12.9. The SMILES string of the molecule is Fc1cccc(COc2cccc(-c3ccc4c(c3)OCO4)c2)c1. The van der Waals surface area contributed by atoms with Gasteiger partial charge in [-0.2, -0.15) is 0 Å². The molecule has 0 spiro atoms. The molecule has 1 aliphatic heterocycles. The summed E-state index contributed by atoms with van der Waals surface area (Å²) >= 11 is 0. The van der Waals surface area contributed by atoms with Crippen molar-refractivity contribution in [1.82, 2.24) is 0 Å². The molecule has 0 aliphatic carbocycles. The fourth-order valence-electron chi connectivity index (χ4n) is 2.63. The fraction of sp³-hybridized carbons (Fsp3) is 0.100. The highest BCUT2D eigenvalue weighted by Gasteiger charge is 2.14. The van der Waals surface area contributed by atoms with Crippen molar-refractivity contribution in [2.24, 2.45) is 0 Å². The van der Waals surface area contributed by atoms with Crippen LogP contribution in [-0.4, -0.2) is 6.79 Å². The lowest BCUT2D eigenvalue weighted by Gasteiger charge is -2.09. The van der Waals surface area contributed by atoms with E-state index < -0.39 is 0 Å². The molecule has 1 aliphatic rings. The molecule has 0 radical (unpaired) electrons. The van der Waals surface area contributed by atoms with E-state index in [4.69, 9.17) is 14.2 Å². The minimum Gasteiger partial charge on any atom is -0.489 e. The Balaban J connectivity index is 1.53. The number of fused-ring (bicyclic) bond motifs is 1. The first-order valence-electron chi connectivity index (χ1n) is 7.65. The number of benzene rings is 3. The van der Waals surface area contributed by atoms with Crippen LogP contribution in [0.25, 0.3) is 11.1 Å². The molecule has 0 bridgehead atoms. The zero-order valence-electron chi connectivity index (χ0n) is 12.9. The molecule has 3 aromatic rings. The molecule has 120 valence electrons. The summed E-state index contributed by atoms with van der Waals surface area (Å²) in [6, 6.07) is 20.0. The Morgan fingerprint density at radius 2 is 1.67 bits per heavy atom. The molecule has 0 N–H and O–H groups in total. The third-order valence-electron chi connectivity index (χ3n) is 3.83. The van der Waals surface area contributed by atoms with Gasteiger partial charge in [0.15, 0.2) is 11.5 Å². The fourth-order valence-corrected chi connectivity index (χ4v) is 2.63. The molecule has 3 nitrogen and oxygen atoms in total. The molecule has 0 saturated carbocycles. The van der Waals surface area contributed by atoms with Crippen molar-refractivity contribution < 1.29 is 18.6 Å². The van der Waals surface area contributed by atoms with Crippen LogP contribution in [0.3, 0.4) is 0 Å². The smallest absolute Gasteiger partial charge is 0.231 e. The van der Waals surface area contributed by atoms with Crippen molar-refractivity contribution in [2.45, 2.75) is 6.61 Å². The molecule has 24 heavy (non-hydrogen) atoms. The minimum absolute atomic E-state index is 0.259. The van der Waals surface area contributed by atoms with E-state index in [0.29, 0.717) is 6.61 Å². The van der Waals surface area contributed by atoms with Gasteiger partial charge in [-0.25, -0.2) is 4.39 Å². The maximum absolute atomic E-state index is 13.2. The van der Waals surface area contributed by atoms with Crippen molar-refractivity contribution >= 4 is 0 Å². The monoisotopic (exact) mass is 322 g/mol. The van der Waals surface area contributed by atoms with E-state index in [0.717, 1.165) is 33.9 Å². The third-order valence-corrected chi connectivity index (χ3v) is 3.83. The van der Waals surface area contributed by atoms with Crippen molar-refractivity contribution in [3.63, 3.8) is 0 Å². The molecular formula is C20H15FO3. The van der Waals surface area contributed by atoms with Gasteiger partial charge in [0.2, 0.25) is 6.79 Å². The van der Waals surface area contributed by atoms with Gasteiger partial charge in [0.1, 0.15) is 18.2 Å². The van der Waals surface area contributed by atoms with E-state index in [2.05, 4.69) is 0 Å². The van der Waals surface area contributed by atoms with Gasteiger partial charge in [0, 0.05) is 0 Å². The molecule has 3 aromatic carbocycles. The lowest BCUT2D eigenvalue weighted by Crippen LogP contribution is -1.96. The van der Waals surface area contributed by atoms with Gasteiger partial charge in [0.05, 0.1) is 0 Å². The first kappa shape index (κ1) is 14.6. The van der Waals surface area contributed by atoms with Crippen LogP contribution in [0.2, 0.25) is 0 Å². The van der Waals surface area contributed by atoms with E-state index in [9.17, 15) is 4.39 Å². The molecule has 4 rings (SSSR count). The summed E-state index contributed by atoms with van der Waals surface area (Å²) in [6.45, 7) is 0.581. The topological polar surface area (TPSA) is 27.7 Å². The van der Waals surface area contributed by atoms with Crippen LogP contribution in [0.15, 0.2) is 66.7 Å². The number of hydrogen-bond donors (Lipinski definition) is 0. The summed E-state index contributed by atoms with van der Waals surface area (Å²) in [5.74, 6) is 1.98. The van der Waals surface area contributed by atoms with E-state index in [1.807, 2.05) is 48.5 Å². The van der Waals surface area contributed by atoms with Crippen LogP contribution in [0, 0.1) is 5.82 Å². The lowest BCUT2D eigenvalue weighted by molar-refractivity contribution is 0.174. The van der Waals surface area contributed by atoms with Crippen molar-refractivity contribution in [3.8, 4) is 28.4 Å². The first-order valence-corrected chi connectivity index (χ1v) is 7.65. The highest BCUT2D eigenvalue weighted by molar-refractivity contribution is 5.68. The van der Waals surface area contributed by atoms with Crippen molar-refractivity contribution in [1.29, 1.82) is 0 Å². The molecule has 0 aromatic heterocycles. The van der Waals surface area contributed by atoms with Crippen LogP contribution in [0.1, 0.15) is 5.56 Å². The average molecular weight is 322 g/mol. The van der Waals surface area contributed by atoms with Crippen molar-refractivity contribution in [2.75, 3.05) is 6.79 Å². The number of hydrogen-bond acceptors (Lipinski definition) is 3. The van der Waals surface area contributed by atoms with Gasteiger partial charge in [-0.15, -0.1) is 0 Å². The molecule has 0 atom stereocenters. The quantitative estimate of drug-likeness (QED) is 0.690. The molecule has 0 fully saturated rings. The van der Waals surface area contributed by atoms with Gasteiger partial charge < -0.3 is 14.2 Å². The molecule has 0 amide bonds. The Labute approximate surface area is 139 Å². The number of rotatable bonds is 4. The highest BCUT2D eigenvalue weighted by atomic mass is 19.1.